The highest BCUT2D eigenvalue weighted by molar-refractivity contribution is 7.87. The Kier molecular flexibility index (Phi) is 3.42. The Balaban J connectivity index is 4.05. The van der Waals surface area contributed by atoms with E-state index in [0.29, 0.717) is 0 Å². The van der Waals surface area contributed by atoms with Crippen LogP contribution >= 0.6 is 0 Å². The lowest BCUT2D eigenvalue weighted by atomic mass is 10.3. The smallest absolute Gasteiger partial charge is 0.313 e. The molecule has 0 aliphatic carbocycles. The van der Waals surface area contributed by atoms with Crippen molar-refractivity contribution in [3.63, 3.8) is 0 Å². The average Bonchev–Trinajstić information content (AvgIpc) is 2.12. The summed E-state index contributed by atoms with van der Waals surface area (Å²) in [4.78, 5) is 5.78. The van der Waals surface area contributed by atoms with Crippen LogP contribution in [-0.2, 0) is 20.2 Å². The molecule has 1 rings (SSSR count). The van der Waals surface area contributed by atoms with E-state index in [0.717, 1.165) is 0 Å². The molecule has 0 fully saturated rings. The fraction of sp³-hybridized carbons (Fsp3) is 0. The van der Waals surface area contributed by atoms with Crippen LogP contribution in [0.5, 0.6) is 11.5 Å². The zero-order valence-electron chi connectivity index (χ0n) is 8.58. The number of nitro groups is 1. The van der Waals surface area contributed by atoms with Crippen molar-refractivity contribution in [2.75, 3.05) is 0 Å². The minimum atomic E-state index is -5.38. The molecule has 0 heterocycles. The monoisotopic (exact) mass is 315 g/mol. The Hall–Kier alpha value is -1.96. The molecule has 0 aliphatic heterocycles. The molecule has 4 N–H and O–H groups in total. The molecule has 0 atom stereocenters. The lowest BCUT2D eigenvalue weighted by molar-refractivity contribution is -0.386. The van der Waals surface area contributed by atoms with Gasteiger partial charge in [0.1, 0.15) is 4.90 Å². The molecule has 0 radical (unpaired) electrons. The third-order valence-electron chi connectivity index (χ3n) is 1.91. The predicted octanol–water partition coefficient (Wildman–Crippen LogP) is -0.501. The van der Waals surface area contributed by atoms with Crippen LogP contribution < -0.4 is 0 Å². The number of phenolic OH excluding ortho intramolecular Hbond substituents is 2. The van der Waals surface area contributed by atoms with Crippen molar-refractivity contribution < 1.29 is 41.1 Å². The van der Waals surface area contributed by atoms with Gasteiger partial charge in [-0.15, -0.1) is 0 Å². The molecule has 0 saturated carbocycles. The summed E-state index contributed by atoms with van der Waals surface area (Å²) >= 11 is 0. The first-order valence-electron chi connectivity index (χ1n) is 4.05. The van der Waals surface area contributed by atoms with Crippen molar-refractivity contribution >= 4 is 25.9 Å². The maximum Gasteiger partial charge on any atom is 0.313 e. The highest BCUT2D eigenvalue weighted by Crippen LogP contribution is 2.43. The van der Waals surface area contributed by atoms with Gasteiger partial charge in [-0.1, -0.05) is 0 Å². The molecule has 13 heteroatoms. The molecule has 11 nitrogen and oxygen atoms in total. The van der Waals surface area contributed by atoms with Crippen molar-refractivity contribution in [2.24, 2.45) is 0 Å². The molecule has 0 amide bonds. The summed E-state index contributed by atoms with van der Waals surface area (Å²) in [5.74, 6) is -3.41. The summed E-state index contributed by atoms with van der Waals surface area (Å²) in [5.41, 5.74) is -1.45. The fourth-order valence-corrected chi connectivity index (χ4v) is 2.56. The zero-order chi connectivity index (χ0) is 15.2. The molecule has 0 aromatic heterocycles. The quantitative estimate of drug-likeness (QED) is 0.321. The van der Waals surface area contributed by atoms with E-state index in [1.807, 2.05) is 0 Å². The molecule has 19 heavy (non-hydrogen) atoms. The Morgan fingerprint density at radius 3 is 1.79 bits per heavy atom. The van der Waals surface area contributed by atoms with E-state index >= 15 is 0 Å². The van der Waals surface area contributed by atoms with Gasteiger partial charge < -0.3 is 10.2 Å². The Morgan fingerprint density at radius 2 is 1.47 bits per heavy atom. The second-order valence-electron chi connectivity index (χ2n) is 3.13. The summed E-state index contributed by atoms with van der Waals surface area (Å²) in [6.07, 6.45) is 0. The molecule has 1 aromatic rings. The van der Waals surface area contributed by atoms with Gasteiger partial charge in [0.2, 0.25) is 5.75 Å². The van der Waals surface area contributed by atoms with E-state index in [2.05, 4.69) is 0 Å². The van der Waals surface area contributed by atoms with Gasteiger partial charge in [-0.05, 0) is 0 Å². The van der Waals surface area contributed by atoms with Crippen LogP contribution in [0.4, 0.5) is 5.69 Å². The first kappa shape index (κ1) is 15.1. The molecule has 0 saturated heterocycles. The number of rotatable bonds is 3. The maximum absolute atomic E-state index is 10.9. The van der Waals surface area contributed by atoms with E-state index in [4.69, 9.17) is 9.11 Å². The van der Waals surface area contributed by atoms with E-state index in [1.54, 1.807) is 0 Å². The lowest BCUT2D eigenvalue weighted by Crippen LogP contribution is -2.07. The molecule has 0 spiro atoms. The minimum absolute atomic E-state index is 0.0364. The number of hydrogen-bond acceptors (Lipinski definition) is 8. The topological polar surface area (TPSA) is 192 Å². The molecule has 106 valence electrons. The van der Waals surface area contributed by atoms with E-state index in [9.17, 15) is 37.2 Å². The van der Waals surface area contributed by atoms with Gasteiger partial charge in [0.05, 0.1) is 4.92 Å². The number of phenols is 2. The standard InChI is InChI=1S/C6H5NO10S2/c8-4-2(7(10)11)1-3(18(12,13)14)5(9)6(4)19(15,16)17/h1,8-9H,(H,12,13,14)(H,15,16,17). The predicted molar refractivity (Wildman–Crippen MR) is 56.1 cm³/mol. The van der Waals surface area contributed by atoms with Crippen LogP contribution in [0.3, 0.4) is 0 Å². The first-order chi connectivity index (χ1) is 8.37. The molecule has 0 unspecified atom stereocenters. The largest absolute Gasteiger partial charge is 0.505 e. The van der Waals surface area contributed by atoms with Crippen LogP contribution in [0, 0.1) is 10.1 Å². The Morgan fingerprint density at radius 1 is 1.00 bits per heavy atom. The van der Waals surface area contributed by atoms with Crippen molar-refractivity contribution in [1.82, 2.24) is 0 Å². The van der Waals surface area contributed by atoms with Gasteiger partial charge in [-0.3, -0.25) is 19.2 Å². The second kappa shape index (κ2) is 4.30. The lowest BCUT2D eigenvalue weighted by Gasteiger charge is -2.08. The summed E-state index contributed by atoms with van der Waals surface area (Å²) in [6, 6.07) is 0.0364. The molecule has 0 aliphatic rings. The van der Waals surface area contributed by atoms with Crippen LogP contribution in [0.25, 0.3) is 0 Å². The minimum Gasteiger partial charge on any atom is -0.505 e. The van der Waals surface area contributed by atoms with Gasteiger partial charge in [-0.2, -0.15) is 16.8 Å². The number of nitrogens with zero attached hydrogens (tertiary/aromatic N) is 1. The van der Waals surface area contributed by atoms with E-state index in [-0.39, 0.29) is 6.07 Å². The number of hydrogen-bond donors (Lipinski definition) is 4. The SMILES string of the molecule is O=[N+]([O-])c1cc(S(=O)(=O)O)c(O)c(S(=O)(=O)O)c1O. The summed E-state index contributed by atoms with van der Waals surface area (Å²) in [6.45, 7) is 0. The number of nitro benzene ring substituents is 1. The Labute approximate surface area is 105 Å². The van der Waals surface area contributed by atoms with Gasteiger partial charge >= 0.3 is 15.8 Å². The average molecular weight is 315 g/mol. The molecule has 1 aromatic carbocycles. The van der Waals surface area contributed by atoms with Crippen molar-refractivity contribution in [3.8, 4) is 11.5 Å². The number of aromatic hydroxyl groups is 2. The molecule has 0 bridgehead atoms. The van der Waals surface area contributed by atoms with Crippen LogP contribution in [0.15, 0.2) is 15.9 Å². The first-order valence-corrected chi connectivity index (χ1v) is 6.93. The summed E-state index contributed by atoms with van der Waals surface area (Å²) < 4.78 is 60.8. The van der Waals surface area contributed by atoms with Crippen LogP contribution in [0.2, 0.25) is 0 Å². The third-order valence-corrected chi connectivity index (χ3v) is 3.68. The highest BCUT2D eigenvalue weighted by Gasteiger charge is 2.34. The van der Waals surface area contributed by atoms with Gasteiger partial charge in [0, 0.05) is 6.07 Å². The van der Waals surface area contributed by atoms with E-state index < -0.39 is 52.1 Å². The number of benzene rings is 1. The van der Waals surface area contributed by atoms with Crippen molar-refractivity contribution in [1.29, 1.82) is 0 Å². The maximum atomic E-state index is 10.9. The second-order valence-corrected chi connectivity index (χ2v) is 5.88. The van der Waals surface area contributed by atoms with Gasteiger partial charge in [-0.25, -0.2) is 0 Å². The van der Waals surface area contributed by atoms with Crippen molar-refractivity contribution in [2.45, 2.75) is 9.79 Å². The normalized spacial score (nSPS) is 12.3. The molecular weight excluding hydrogens is 310 g/mol. The van der Waals surface area contributed by atoms with Crippen LogP contribution in [0.1, 0.15) is 0 Å². The summed E-state index contributed by atoms with van der Waals surface area (Å²) in [7, 11) is -10.6. The zero-order valence-corrected chi connectivity index (χ0v) is 10.2. The fourth-order valence-electron chi connectivity index (χ4n) is 1.18. The summed E-state index contributed by atoms with van der Waals surface area (Å²) in [5, 5.41) is 29.0. The van der Waals surface area contributed by atoms with Gasteiger partial charge in [0.25, 0.3) is 10.1 Å². The van der Waals surface area contributed by atoms with Crippen molar-refractivity contribution in [3.05, 3.63) is 16.2 Å². The van der Waals surface area contributed by atoms with Crippen LogP contribution in [-0.4, -0.2) is 41.1 Å². The molecular formula is C6H5NO10S2. The third kappa shape index (κ3) is 2.73. The van der Waals surface area contributed by atoms with E-state index in [1.165, 1.54) is 0 Å². The highest BCUT2D eigenvalue weighted by atomic mass is 32.2. The van der Waals surface area contributed by atoms with Gasteiger partial charge in [0.15, 0.2) is 10.6 Å². The Bertz CT molecular complexity index is 762.